The van der Waals surface area contributed by atoms with Crippen LogP contribution in [0.15, 0.2) is 12.2 Å². The summed E-state index contributed by atoms with van der Waals surface area (Å²) in [6.45, 7) is 4.96. The first-order valence-corrected chi connectivity index (χ1v) is 36.5. The number of esters is 1. The molecule has 0 saturated heterocycles. The zero-order valence-electron chi connectivity index (χ0n) is 53.9. The third kappa shape index (κ3) is 65.6. The second-order valence-electron chi connectivity index (χ2n) is 25.3. The molecule has 0 aliphatic rings. The fraction of sp³-hybridized carbons (Fsp3) is 0.945. The number of aliphatic hydroxyl groups is 2. The van der Waals surface area contributed by atoms with Gasteiger partial charge in [0.1, 0.15) is 0 Å². The topological polar surface area (TPSA) is 95.9 Å². The molecule has 470 valence electrons. The number of rotatable bonds is 69. The van der Waals surface area contributed by atoms with Gasteiger partial charge in [-0.2, -0.15) is 0 Å². The number of carbonyl (C=O) groups is 2. The Morgan fingerprint density at radius 2 is 0.582 bits per heavy atom. The van der Waals surface area contributed by atoms with Crippen LogP contribution in [0.5, 0.6) is 0 Å². The molecule has 79 heavy (non-hydrogen) atoms. The van der Waals surface area contributed by atoms with Gasteiger partial charge in [-0.05, 0) is 32.1 Å². The summed E-state index contributed by atoms with van der Waals surface area (Å²) in [5.41, 5.74) is 0. The summed E-state index contributed by atoms with van der Waals surface area (Å²) in [6.07, 6.45) is 85.8. The number of aliphatic hydroxyl groups excluding tert-OH is 2. The Labute approximate surface area is 495 Å². The highest BCUT2D eigenvalue weighted by Gasteiger charge is 2.18. The Morgan fingerprint density at radius 3 is 0.861 bits per heavy atom. The summed E-state index contributed by atoms with van der Waals surface area (Å²) in [5.74, 6) is -0.0447. The molecule has 0 aliphatic heterocycles. The normalized spacial score (nSPS) is 12.5. The minimum Gasteiger partial charge on any atom is -0.466 e. The Balaban J connectivity index is 3.38. The van der Waals surface area contributed by atoms with E-state index in [9.17, 15) is 19.8 Å². The van der Waals surface area contributed by atoms with Crippen LogP contribution in [0.4, 0.5) is 0 Å². The number of carbonyl (C=O) groups excluding carboxylic acids is 2. The number of unbranched alkanes of at least 4 members (excludes halogenated alkanes) is 58. The molecule has 0 bridgehead atoms. The molecule has 0 spiro atoms. The van der Waals surface area contributed by atoms with E-state index >= 15 is 0 Å². The first-order chi connectivity index (χ1) is 39.0. The molecule has 0 aromatic rings. The molecule has 2 atom stereocenters. The maximum Gasteiger partial charge on any atom is 0.305 e. The quantitative estimate of drug-likeness (QED) is 0.0320. The minimum absolute atomic E-state index is 0.0184. The van der Waals surface area contributed by atoms with Gasteiger partial charge in [-0.3, -0.25) is 9.59 Å². The fourth-order valence-electron chi connectivity index (χ4n) is 11.8. The van der Waals surface area contributed by atoms with Crippen LogP contribution in [0, 0.1) is 0 Å². The van der Waals surface area contributed by atoms with Crippen LogP contribution in [0.3, 0.4) is 0 Å². The first-order valence-electron chi connectivity index (χ1n) is 36.5. The van der Waals surface area contributed by atoms with Crippen LogP contribution < -0.4 is 5.32 Å². The van der Waals surface area contributed by atoms with E-state index in [1.54, 1.807) is 6.08 Å². The zero-order valence-corrected chi connectivity index (χ0v) is 53.9. The maximum absolute atomic E-state index is 12.5. The van der Waals surface area contributed by atoms with Crippen LogP contribution in [-0.4, -0.2) is 47.4 Å². The molecule has 0 aromatic heterocycles. The second-order valence-corrected chi connectivity index (χ2v) is 25.3. The third-order valence-corrected chi connectivity index (χ3v) is 17.3. The maximum atomic E-state index is 12.5. The van der Waals surface area contributed by atoms with E-state index in [2.05, 4.69) is 19.2 Å². The van der Waals surface area contributed by atoms with Crippen LogP contribution >= 0.6 is 0 Å². The highest BCUT2D eigenvalue weighted by molar-refractivity contribution is 5.76. The van der Waals surface area contributed by atoms with Crippen LogP contribution in [0.2, 0.25) is 0 Å². The lowest BCUT2D eigenvalue weighted by Gasteiger charge is -2.20. The zero-order chi connectivity index (χ0) is 57.1. The largest absolute Gasteiger partial charge is 0.466 e. The van der Waals surface area contributed by atoms with E-state index in [4.69, 9.17) is 4.74 Å². The number of hydrogen-bond donors (Lipinski definition) is 3. The highest BCUT2D eigenvalue weighted by atomic mass is 16.5. The van der Waals surface area contributed by atoms with Crippen molar-refractivity contribution in [3.8, 4) is 0 Å². The van der Waals surface area contributed by atoms with Crippen molar-refractivity contribution in [2.75, 3.05) is 13.2 Å². The Bertz CT molecular complexity index is 1190. The SMILES string of the molecule is CCCCCCCCCCCCCCCCCCCCCC/C=C/C(O)C(CO)NC(=O)CCCCCCCCCCCCCCCCCCCCCCCCOC(=O)CCCCCCCCCCCCCCCCCCCC. The van der Waals surface area contributed by atoms with Gasteiger partial charge in [0.25, 0.3) is 0 Å². The summed E-state index contributed by atoms with van der Waals surface area (Å²) in [4.78, 5) is 24.6. The molecule has 1 amide bonds. The highest BCUT2D eigenvalue weighted by Crippen LogP contribution is 2.19. The van der Waals surface area contributed by atoms with Crippen molar-refractivity contribution in [3.05, 3.63) is 12.2 Å². The van der Waals surface area contributed by atoms with E-state index in [1.165, 1.54) is 353 Å². The average Bonchev–Trinajstić information content (AvgIpc) is 3.45. The van der Waals surface area contributed by atoms with Crippen molar-refractivity contribution in [2.24, 2.45) is 0 Å². The van der Waals surface area contributed by atoms with Gasteiger partial charge < -0.3 is 20.3 Å². The number of nitrogens with one attached hydrogen (secondary N) is 1. The lowest BCUT2D eigenvalue weighted by molar-refractivity contribution is -0.143. The standard InChI is InChI=1S/C73H143NO5/c1-3-5-7-9-11-13-15-17-19-21-23-24-27-30-33-37-41-45-49-53-57-61-65-71(76)70(69-75)74-72(77)66-62-58-54-50-46-42-38-34-31-28-25-26-29-32-36-40-44-48-52-56-60-64-68-79-73(78)67-63-59-55-51-47-43-39-35-22-20-18-16-14-12-10-8-6-4-2/h61,65,70-71,75-76H,3-60,62-64,66-69H2,1-2H3,(H,74,77)/b65-61+. The average molecular weight is 1110 g/mol. The van der Waals surface area contributed by atoms with E-state index in [0.29, 0.717) is 19.4 Å². The Kier molecular flexibility index (Phi) is 67.9. The second kappa shape index (κ2) is 69.1. The van der Waals surface area contributed by atoms with Crippen molar-refractivity contribution in [1.29, 1.82) is 0 Å². The molecule has 0 fully saturated rings. The predicted octanol–water partition coefficient (Wildman–Crippen LogP) is 23.5. The molecule has 0 rings (SSSR count). The lowest BCUT2D eigenvalue weighted by atomic mass is 10.0. The van der Waals surface area contributed by atoms with E-state index in [-0.39, 0.29) is 18.5 Å². The molecule has 3 N–H and O–H groups in total. The summed E-state index contributed by atoms with van der Waals surface area (Å²) < 4.78 is 5.51. The van der Waals surface area contributed by atoms with Crippen molar-refractivity contribution < 1.29 is 24.5 Å². The van der Waals surface area contributed by atoms with Crippen molar-refractivity contribution in [1.82, 2.24) is 5.32 Å². The number of allylic oxidation sites excluding steroid dienone is 1. The van der Waals surface area contributed by atoms with Gasteiger partial charge in [-0.1, -0.05) is 386 Å². The molecular formula is C73H143NO5. The molecule has 0 aliphatic carbocycles. The van der Waals surface area contributed by atoms with Crippen molar-refractivity contribution >= 4 is 11.9 Å². The summed E-state index contributed by atoms with van der Waals surface area (Å²) in [7, 11) is 0. The molecular weight excluding hydrogens is 971 g/mol. The van der Waals surface area contributed by atoms with E-state index < -0.39 is 12.1 Å². The van der Waals surface area contributed by atoms with E-state index in [1.807, 2.05) is 6.08 Å². The third-order valence-electron chi connectivity index (χ3n) is 17.3. The fourth-order valence-corrected chi connectivity index (χ4v) is 11.8. The van der Waals surface area contributed by atoms with Crippen LogP contribution in [0.1, 0.15) is 418 Å². The molecule has 6 heteroatoms. The van der Waals surface area contributed by atoms with Gasteiger partial charge in [-0.15, -0.1) is 0 Å². The Hall–Kier alpha value is -1.40. The molecule has 6 nitrogen and oxygen atoms in total. The van der Waals surface area contributed by atoms with Gasteiger partial charge in [0.05, 0.1) is 25.4 Å². The first kappa shape index (κ1) is 77.6. The molecule has 0 radical (unpaired) electrons. The molecule has 0 heterocycles. The van der Waals surface area contributed by atoms with Crippen LogP contribution in [0.25, 0.3) is 0 Å². The molecule has 0 aromatic carbocycles. The van der Waals surface area contributed by atoms with Gasteiger partial charge in [0.2, 0.25) is 5.91 Å². The summed E-state index contributed by atoms with van der Waals surface area (Å²) >= 11 is 0. The number of amides is 1. The van der Waals surface area contributed by atoms with Gasteiger partial charge in [-0.25, -0.2) is 0 Å². The van der Waals surface area contributed by atoms with Crippen LogP contribution in [-0.2, 0) is 14.3 Å². The molecule has 2 unspecified atom stereocenters. The molecule has 0 saturated carbocycles. The van der Waals surface area contributed by atoms with Gasteiger partial charge in [0, 0.05) is 12.8 Å². The monoisotopic (exact) mass is 1110 g/mol. The van der Waals surface area contributed by atoms with Crippen molar-refractivity contribution in [2.45, 2.75) is 431 Å². The number of hydrogen-bond acceptors (Lipinski definition) is 5. The predicted molar refractivity (Wildman–Crippen MR) is 347 cm³/mol. The van der Waals surface area contributed by atoms with Crippen molar-refractivity contribution in [3.63, 3.8) is 0 Å². The van der Waals surface area contributed by atoms with Gasteiger partial charge >= 0.3 is 5.97 Å². The van der Waals surface area contributed by atoms with E-state index in [0.717, 1.165) is 38.5 Å². The lowest BCUT2D eigenvalue weighted by Crippen LogP contribution is -2.45. The smallest absolute Gasteiger partial charge is 0.305 e. The summed E-state index contributed by atoms with van der Waals surface area (Å²) in [6, 6.07) is -0.629. The van der Waals surface area contributed by atoms with Gasteiger partial charge in [0.15, 0.2) is 0 Å². The Morgan fingerprint density at radius 1 is 0.342 bits per heavy atom. The number of ether oxygens (including phenoxy) is 1. The summed E-state index contributed by atoms with van der Waals surface area (Å²) in [5, 5.41) is 23.3. The minimum atomic E-state index is -0.845.